The van der Waals surface area contributed by atoms with Crippen LogP contribution in [0.5, 0.6) is 0 Å². The van der Waals surface area contributed by atoms with E-state index in [0.29, 0.717) is 0 Å². The second-order valence-electron chi connectivity index (χ2n) is 9.73. The van der Waals surface area contributed by atoms with Crippen molar-refractivity contribution in [2.24, 2.45) is 0 Å². The van der Waals surface area contributed by atoms with Gasteiger partial charge in [0, 0.05) is 0 Å². The van der Waals surface area contributed by atoms with Gasteiger partial charge >= 0.3 is 222 Å². The molecule has 1 spiro atoms. The van der Waals surface area contributed by atoms with Crippen LogP contribution in [0.4, 0.5) is 0 Å². The zero-order valence-corrected chi connectivity index (χ0v) is 22.8. The molecule has 183 valence electrons. The summed E-state index contributed by atoms with van der Waals surface area (Å²) in [5.74, 6) is 0. The van der Waals surface area contributed by atoms with Crippen molar-refractivity contribution < 1.29 is 31.5 Å². The van der Waals surface area contributed by atoms with E-state index in [1.807, 2.05) is 0 Å². The van der Waals surface area contributed by atoms with Crippen molar-refractivity contribution in [3.05, 3.63) is 146 Å². The molecule has 0 aliphatic carbocycles. The van der Waals surface area contributed by atoms with Crippen molar-refractivity contribution in [2.75, 3.05) is 0 Å². The van der Waals surface area contributed by atoms with Crippen molar-refractivity contribution in [3.63, 3.8) is 0 Å². The Balaban J connectivity index is 1.86. The van der Waals surface area contributed by atoms with E-state index < -0.39 is 11.7 Å². The molecule has 38 heavy (non-hydrogen) atoms. The second kappa shape index (κ2) is 5.63. The SMILES string of the molecule is [Cl][Ru]123([n+]4ccccc4-c4cccc[n+]41)([n+]1ccccc1-c1cccc[n+]12)[n+]1ccccc1-c1cccc[n+]13. The molecule has 8 heteroatoms. The number of rotatable bonds is 0. The predicted octanol–water partition coefficient (Wildman–Crippen LogP) is 2.35. The molecule has 9 heterocycles. The van der Waals surface area contributed by atoms with E-state index in [2.05, 4.69) is 166 Å². The molecule has 0 fully saturated rings. The number of pyridine rings is 6. The van der Waals surface area contributed by atoms with Gasteiger partial charge in [-0.15, -0.1) is 0 Å². The third-order valence-electron chi connectivity index (χ3n) is 8.28. The first-order chi connectivity index (χ1) is 18.6. The van der Waals surface area contributed by atoms with Crippen molar-refractivity contribution in [3.8, 4) is 34.2 Å². The Morgan fingerprint density at radius 1 is 0.316 bits per heavy atom. The Hall–Kier alpha value is -4.19. The van der Waals surface area contributed by atoms with Gasteiger partial charge < -0.3 is 0 Å². The summed E-state index contributed by atoms with van der Waals surface area (Å²) in [6.45, 7) is 0. The molecule has 0 atom stereocenters. The fourth-order valence-corrected chi connectivity index (χ4v) is 30.3. The van der Waals surface area contributed by atoms with Gasteiger partial charge in [0.15, 0.2) is 0 Å². The molecule has 0 saturated carbocycles. The first kappa shape index (κ1) is 20.8. The molecular formula is C30H24ClN6Ru+6. The Bertz CT molecular complexity index is 1720. The molecule has 0 aromatic carbocycles. The third-order valence-corrected chi connectivity index (χ3v) is 30.0. The Kier molecular flexibility index (Phi) is 3.08. The van der Waals surface area contributed by atoms with Crippen LogP contribution >= 0.6 is 9.69 Å². The molecule has 9 rings (SSSR count). The van der Waals surface area contributed by atoms with E-state index in [4.69, 9.17) is 0 Å². The predicted molar refractivity (Wildman–Crippen MR) is 135 cm³/mol. The van der Waals surface area contributed by atoms with Gasteiger partial charge in [0.05, 0.1) is 0 Å². The molecule has 0 N–H and O–H groups in total. The van der Waals surface area contributed by atoms with Gasteiger partial charge in [0.25, 0.3) is 0 Å². The number of hydrogen-bond donors (Lipinski definition) is 0. The van der Waals surface area contributed by atoms with Crippen LogP contribution in [0, 0.1) is 0 Å². The van der Waals surface area contributed by atoms with Gasteiger partial charge in [-0.05, 0) is 0 Å². The van der Waals surface area contributed by atoms with Crippen LogP contribution in [0.15, 0.2) is 146 Å². The van der Waals surface area contributed by atoms with Gasteiger partial charge in [0.1, 0.15) is 0 Å². The molecule has 3 aliphatic heterocycles. The van der Waals surface area contributed by atoms with Crippen molar-refractivity contribution >= 4 is 9.69 Å². The van der Waals surface area contributed by atoms with Crippen LogP contribution in [-0.2, 0) is 11.7 Å². The topological polar surface area (TPSA) is 23.3 Å². The molecule has 6 aromatic heterocycles. The van der Waals surface area contributed by atoms with Gasteiger partial charge in [-0.1, -0.05) is 0 Å². The average molecular weight is 605 g/mol. The summed E-state index contributed by atoms with van der Waals surface area (Å²) in [6, 6.07) is 38.2. The first-order valence-corrected chi connectivity index (χ1v) is 19.4. The Morgan fingerprint density at radius 3 is 0.684 bits per heavy atom. The van der Waals surface area contributed by atoms with E-state index in [0.717, 1.165) is 34.2 Å². The minimum atomic E-state index is -6.80. The van der Waals surface area contributed by atoms with Crippen LogP contribution < -0.4 is 19.9 Å². The molecule has 0 amide bonds. The van der Waals surface area contributed by atoms with Gasteiger partial charge in [-0.2, -0.15) is 0 Å². The normalized spacial score (nSPS) is 21.1. The van der Waals surface area contributed by atoms with Gasteiger partial charge in [0.2, 0.25) is 0 Å². The maximum atomic E-state index is 9.54. The van der Waals surface area contributed by atoms with Crippen molar-refractivity contribution in [1.29, 1.82) is 0 Å². The van der Waals surface area contributed by atoms with Crippen molar-refractivity contribution in [1.82, 2.24) is 0 Å². The number of halogens is 1. The number of hydrogen-bond acceptors (Lipinski definition) is 0. The number of nitrogens with zero attached hydrogens (tertiary/aromatic N) is 6. The van der Waals surface area contributed by atoms with E-state index in [-0.39, 0.29) is 0 Å². The summed E-state index contributed by atoms with van der Waals surface area (Å²) in [4.78, 5) is 0. The molecule has 3 aliphatic rings. The molecular weight excluding hydrogens is 581 g/mol. The number of aromatic nitrogens is 6. The van der Waals surface area contributed by atoms with Crippen LogP contribution in [0.1, 0.15) is 0 Å². The summed E-state index contributed by atoms with van der Waals surface area (Å²) in [6.07, 6.45) is 13.0. The van der Waals surface area contributed by atoms with Crippen LogP contribution in [0.25, 0.3) is 34.2 Å². The van der Waals surface area contributed by atoms with Crippen molar-refractivity contribution in [2.45, 2.75) is 0 Å². The third kappa shape index (κ3) is 1.42. The summed E-state index contributed by atoms with van der Waals surface area (Å²) in [5, 5.41) is 0. The first-order valence-electron chi connectivity index (χ1n) is 12.5. The van der Waals surface area contributed by atoms with E-state index in [9.17, 15) is 9.69 Å². The fourth-order valence-electron chi connectivity index (χ4n) is 7.06. The van der Waals surface area contributed by atoms with Crippen LogP contribution in [0.3, 0.4) is 0 Å². The van der Waals surface area contributed by atoms with E-state index in [1.165, 1.54) is 0 Å². The fraction of sp³-hybridized carbons (Fsp3) is 0. The molecule has 6 nitrogen and oxygen atoms in total. The second-order valence-corrected chi connectivity index (χ2v) is 26.0. The van der Waals surface area contributed by atoms with Crippen LogP contribution in [-0.4, -0.2) is 0 Å². The summed E-state index contributed by atoms with van der Waals surface area (Å²) < 4.78 is 14.3. The number of fused-ring (bicyclic) bond motifs is 9. The van der Waals surface area contributed by atoms with Gasteiger partial charge in [-0.3, -0.25) is 0 Å². The molecule has 0 unspecified atom stereocenters. The Morgan fingerprint density at radius 2 is 0.500 bits per heavy atom. The molecule has 0 bridgehead atoms. The van der Waals surface area contributed by atoms with Gasteiger partial charge in [-0.25, -0.2) is 0 Å². The maximum absolute atomic E-state index is 9.54. The average Bonchev–Trinajstić information content (AvgIpc) is 3.44. The monoisotopic (exact) mass is 605 g/mol. The zero-order chi connectivity index (χ0) is 25.3. The summed E-state index contributed by atoms with van der Waals surface area (Å²) in [5.41, 5.74) is 6.21. The summed E-state index contributed by atoms with van der Waals surface area (Å²) in [7, 11) is 9.54. The van der Waals surface area contributed by atoms with E-state index in [1.54, 1.807) is 0 Å². The minimum absolute atomic E-state index is 1.03. The molecule has 0 saturated heterocycles. The Labute approximate surface area is 221 Å². The molecule has 6 aromatic rings. The molecule has 0 radical (unpaired) electrons. The van der Waals surface area contributed by atoms with Crippen LogP contribution in [0.2, 0.25) is 0 Å². The standard InChI is InChI=1S/3C10H8N2.ClH.Ru/c3*1-3-7-11-9(5-1)10-6-2-4-8-12-10;;/h3*1-8H;1H;/q;;;;+7/p-1. The quantitative estimate of drug-likeness (QED) is 0.238. The van der Waals surface area contributed by atoms with E-state index >= 15 is 0 Å². The summed E-state index contributed by atoms with van der Waals surface area (Å²) >= 11 is -6.80. The zero-order valence-electron chi connectivity index (χ0n) is 20.3.